The molecule has 1 aliphatic rings. The summed E-state index contributed by atoms with van der Waals surface area (Å²) in [4.78, 5) is 20.4. The minimum Gasteiger partial charge on any atom is -0.467 e. The molecule has 0 unspecified atom stereocenters. The van der Waals surface area contributed by atoms with Gasteiger partial charge >= 0.3 is 0 Å². The van der Waals surface area contributed by atoms with E-state index in [0.29, 0.717) is 23.8 Å². The summed E-state index contributed by atoms with van der Waals surface area (Å²) < 4.78 is 5.17. The average molecular weight is 326 g/mol. The molecule has 2 aromatic rings. The molecule has 0 saturated heterocycles. The molecule has 6 nitrogen and oxygen atoms in total. The fraction of sp³-hybridized carbons (Fsp3) is 0.389. The summed E-state index contributed by atoms with van der Waals surface area (Å²) in [6, 6.07) is 3.59. The van der Waals surface area contributed by atoms with Gasteiger partial charge in [-0.1, -0.05) is 11.6 Å². The van der Waals surface area contributed by atoms with E-state index < -0.39 is 0 Å². The molecule has 2 aromatic heterocycles. The van der Waals surface area contributed by atoms with Crippen molar-refractivity contribution in [1.29, 1.82) is 0 Å². The van der Waals surface area contributed by atoms with Crippen LogP contribution in [0.5, 0.6) is 0 Å². The van der Waals surface area contributed by atoms with Gasteiger partial charge in [-0.3, -0.25) is 4.79 Å². The molecule has 0 aliphatic heterocycles. The summed E-state index contributed by atoms with van der Waals surface area (Å²) in [5, 5.41) is 6.00. The van der Waals surface area contributed by atoms with Gasteiger partial charge in [0.2, 0.25) is 0 Å². The van der Waals surface area contributed by atoms with Crippen LogP contribution in [0.25, 0.3) is 0 Å². The van der Waals surface area contributed by atoms with Crippen LogP contribution in [-0.4, -0.2) is 22.4 Å². The molecule has 6 heteroatoms. The number of carbonyl (C=O) groups is 1. The summed E-state index contributed by atoms with van der Waals surface area (Å²) in [6.45, 7) is 1.17. The highest BCUT2D eigenvalue weighted by atomic mass is 16.3. The fourth-order valence-electron chi connectivity index (χ4n) is 2.69. The lowest BCUT2D eigenvalue weighted by Gasteiger charge is -2.13. The van der Waals surface area contributed by atoms with Crippen molar-refractivity contribution in [3.8, 4) is 0 Å². The molecule has 0 saturated carbocycles. The number of nitrogens with zero attached hydrogens (tertiary/aromatic N) is 2. The largest absolute Gasteiger partial charge is 0.467 e. The summed E-state index contributed by atoms with van der Waals surface area (Å²) in [5.74, 6) is 1.12. The van der Waals surface area contributed by atoms with Gasteiger partial charge in [0.05, 0.1) is 25.2 Å². The first-order chi connectivity index (χ1) is 11.8. The third-order valence-electron chi connectivity index (χ3n) is 4.03. The van der Waals surface area contributed by atoms with Crippen LogP contribution in [0.4, 0.5) is 5.82 Å². The molecule has 2 heterocycles. The minimum atomic E-state index is -0.266. The molecule has 0 fully saturated rings. The Bertz CT molecular complexity index is 678. The Morgan fingerprint density at radius 3 is 2.92 bits per heavy atom. The van der Waals surface area contributed by atoms with E-state index in [4.69, 9.17) is 4.42 Å². The van der Waals surface area contributed by atoms with Crippen LogP contribution >= 0.6 is 0 Å². The highest BCUT2D eigenvalue weighted by molar-refractivity contribution is 5.91. The van der Waals surface area contributed by atoms with Gasteiger partial charge in [-0.2, -0.15) is 0 Å². The standard InChI is InChI=1S/C18H22N4O2/c23-18(22-11-15-7-4-10-24-15)16-12-21-17(13-20-16)19-9-8-14-5-2-1-3-6-14/h4-5,7,10,12-13H,1-3,6,8-9,11H2,(H,19,21)(H,22,23). The predicted molar refractivity (Wildman–Crippen MR) is 91.6 cm³/mol. The van der Waals surface area contributed by atoms with E-state index in [0.717, 1.165) is 13.0 Å². The van der Waals surface area contributed by atoms with E-state index in [9.17, 15) is 4.79 Å². The predicted octanol–water partition coefficient (Wildman–Crippen LogP) is 3.30. The third-order valence-corrected chi connectivity index (χ3v) is 4.03. The monoisotopic (exact) mass is 326 g/mol. The van der Waals surface area contributed by atoms with E-state index in [1.165, 1.54) is 37.5 Å². The topological polar surface area (TPSA) is 80.0 Å². The van der Waals surface area contributed by atoms with Gasteiger partial charge < -0.3 is 15.1 Å². The van der Waals surface area contributed by atoms with Gasteiger partial charge in [0.1, 0.15) is 17.3 Å². The lowest BCUT2D eigenvalue weighted by molar-refractivity contribution is 0.0942. The first-order valence-electron chi connectivity index (χ1n) is 8.35. The van der Waals surface area contributed by atoms with E-state index in [1.807, 2.05) is 0 Å². The highest BCUT2D eigenvalue weighted by Gasteiger charge is 2.09. The van der Waals surface area contributed by atoms with Crippen molar-refractivity contribution in [3.63, 3.8) is 0 Å². The Balaban J connectivity index is 1.44. The van der Waals surface area contributed by atoms with Crippen molar-refractivity contribution in [2.45, 2.75) is 38.6 Å². The zero-order chi connectivity index (χ0) is 16.6. The van der Waals surface area contributed by atoms with E-state index in [-0.39, 0.29) is 5.91 Å². The Kier molecular flexibility index (Phi) is 5.61. The van der Waals surface area contributed by atoms with Crippen LogP contribution in [0.3, 0.4) is 0 Å². The van der Waals surface area contributed by atoms with Gasteiger partial charge in [0.15, 0.2) is 0 Å². The van der Waals surface area contributed by atoms with Gasteiger partial charge in [0, 0.05) is 6.54 Å². The molecule has 0 radical (unpaired) electrons. The maximum Gasteiger partial charge on any atom is 0.271 e. The zero-order valence-corrected chi connectivity index (χ0v) is 13.6. The zero-order valence-electron chi connectivity index (χ0n) is 13.6. The van der Waals surface area contributed by atoms with E-state index >= 15 is 0 Å². The SMILES string of the molecule is O=C(NCc1ccco1)c1cnc(NCCC2=CCCCC2)cn1. The summed E-state index contributed by atoms with van der Waals surface area (Å²) in [5.41, 5.74) is 1.82. The molecule has 3 rings (SSSR count). The maximum absolute atomic E-state index is 12.0. The number of hydrogen-bond donors (Lipinski definition) is 2. The van der Waals surface area contributed by atoms with Crippen molar-refractivity contribution in [2.24, 2.45) is 0 Å². The van der Waals surface area contributed by atoms with E-state index in [1.54, 1.807) is 24.6 Å². The molecular formula is C18H22N4O2. The lowest BCUT2D eigenvalue weighted by Crippen LogP contribution is -2.23. The second-order valence-corrected chi connectivity index (χ2v) is 5.83. The Morgan fingerprint density at radius 1 is 1.25 bits per heavy atom. The number of furan rings is 1. The number of nitrogens with one attached hydrogen (secondary N) is 2. The number of aromatic nitrogens is 2. The van der Waals surface area contributed by atoms with Crippen molar-refractivity contribution >= 4 is 11.7 Å². The van der Waals surface area contributed by atoms with Crippen molar-refractivity contribution in [2.75, 3.05) is 11.9 Å². The second-order valence-electron chi connectivity index (χ2n) is 5.83. The van der Waals surface area contributed by atoms with Crippen LogP contribution in [0.1, 0.15) is 48.4 Å². The Hall–Kier alpha value is -2.63. The number of carbonyl (C=O) groups excluding carboxylic acids is 1. The van der Waals surface area contributed by atoms with Crippen LogP contribution < -0.4 is 10.6 Å². The van der Waals surface area contributed by atoms with Crippen molar-refractivity contribution in [3.05, 3.63) is 53.9 Å². The quantitative estimate of drug-likeness (QED) is 0.763. The molecule has 126 valence electrons. The molecule has 24 heavy (non-hydrogen) atoms. The summed E-state index contributed by atoms with van der Waals surface area (Å²) >= 11 is 0. The van der Waals surface area contributed by atoms with Crippen molar-refractivity contribution in [1.82, 2.24) is 15.3 Å². The molecule has 0 aromatic carbocycles. The molecule has 1 aliphatic carbocycles. The summed E-state index contributed by atoms with van der Waals surface area (Å²) in [6.07, 6.45) is 13.1. The molecule has 2 N–H and O–H groups in total. The normalized spacial score (nSPS) is 14.1. The van der Waals surface area contributed by atoms with Gasteiger partial charge in [-0.15, -0.1) is 0 Å². The summed E-state index contributed by atoms with van der Waals surface area (Å²) in [7, 11) is 0. The van der Waals surface area contributed by atoms with Crippen LogP contribution in [-0.2, 0) is 6.54 Å². The maximum atomic E-state index is 12.0. The van der Waals surface area contributed by atoms with Crippen molar-refractivity contribution < 1.29 is 9.21 Å². The third kappa shape index (κ3) is 4.68. The van der Waals surface area contributed by atoms with Crippen LogP contribution in [0, 0.1) is 0 Å². The highest BCUT2D eigenvalue weighted by Crippen LogP contribution is 2.19. The number of amides is 1. The van der Waals surface area contributed by atoms with Gasteiger partial charge in [0.25, 0.3) is 5.91 Å². The molecule has 0 atom stereocenters. The molecular weight excluding hydrogens is 304 g/mol. The molecule has 0 bridgehead atoms. The van der Waals surface area contributed by atoms with E-state index in [2.05, 4.69) is 26.7 Å². The van der Waals surface area contributed by atoms with Crippen LogP contribution in [0.15, 0.2) is 46.9 Å². The first-order valence-corrected chi connectivity index (χ1v) is 8.35. The second kappa shape index (κ2) is 8.29. The Labute approximate surface area is 141 Å². The number of hydrogen-bond acceptors (Lipinski definition) is 5. The molecule has 0 spiro atoms. The average Bonchev–Trinajstić information content (AvgIpc) is 3.15. The number of anilines is 1. The fourth-order valence-corrected chi connectivity index (χ4v) is 2.69. The minimum absolute atomic E-state index is 0.266. The lowest BCUT2D eigenvalue weighted by atomic mass is 9.97. The van der Waals surface area contributed by atoms with Gasteiger partial charge in [-0.25, -0.2) is 9.97 Å². The Morgan fingerprint density at radius 2 is 2.21 bits per heavy atom. The van der Waals surface area contributed by atoms with Gasteiger partial charge in [-0.05, 0) is 44.2 Å². The number of allylic oxidation sites excluding steroid dienone is 1. The smallest absolute Gasteiger partial charge is 0.271 e. The molecule has 1 amide bonds. The first kappa shape index (κ1) is 16.2. The number of rotatable bonds is 7. The van der Waals surface area contributed by atoms with Crippen LogP contribution in [0.2, 0.25) is 0 Å².